The molecule has 17 heavy (non-hydrogen) atoms. The number of fused-ring (bicyclic) bond motifs is 3. The van der Waals surface area contributed by atoms with Gasteiger partial charge in [0, 0.05) is 0 Å². The van der Waals surface area contributed by atoms with Gasteiger partial charge in [0.2, 0.25) is 0 Å². The maximum absolute atomic E-state index is 6.16. The van der Waals surface area contributed by atoms with Gasteiger partial charge in [-0.1, -0.05) is 24.3 Å². The fourth-order valence-corrected chi connectivity index (χ4v) is 2.99. The van der Waals surface area contributed by atoms with Crippen molar-refractivity contribution in [3.63, 3.8) is 0 Å². The zero-order chi connectivity index (χ0) is 12.3. The predicted molar refractivity (Wildman–Crippen MR) is 71.6 cm³/mol. The van der Waals surface area contributed by atoms with Crippen molar-refractivity contribution in [2.24, 2.45) is 0 Å². The number of ether oxygens (including phenoxy) is 1. The largest absolute Gasteiger partial charge is 0.361 e. The lowest BCUT2D eigenvalue weighted by molar-refractivity contribution is -0.0768. The molecule has 0 amide bonds. The van der Waals surface area contributed by atoms with Gasteiger partial charge in [-0.05, 0) is 62.1 Å². The third-order valence-corrected chi connectivity index (χ3v) is 3.50. The van der Waals surface area contributed by atoms with Crippen LogP contribution in [0.2, 0.25) is 0 Å². The van der Waals surface area contributed by atoms with E-state index in [1.54, 1.807) is 0 Å². The van der Waals surface area contributed by atoms with Gasteiger partial charge in [0.05, 0.1) is 11.2 Å². The van der Waals surface area contributed by atoms with E-state index in [0.717, 1.165) is 0 Å². The molecule has 1 nitrogen and oxygen atoms in total. The second-order valence-corrected chi connectivity index (χ2v) is 5.92. The first kappa shape index (κ1) is 10.8. The van der Waals surface area contributed by atoms with Crippen LogP contribution in [0.3, 0.4) is 0 Å². The second kappa shape index (κ2) is 3.11. The van der Waals surface area contributed by atoms with E-state index in [0.29, 0.717) is 0 Å². The number of hydrogen-bond acceptors (Lipinski definition) is 1. The van der Waals surface area contributed by atoms with Crippen molar-refractivity contribution in [1.29, 1.82) is 0 Å². The van der Waals surface area contributed by atoms with Crippen molar-refractivity contribution >= 4 is 11.6 Å². The minimum Gasteiger partial charge on any atom is -0.361 e. The van der Waals surface area contributed by atoms with E-state index in [9.17, 15) is 0 Å². The fourth-order valence-electron chi connectivity index (χ4n) is 2.99. The highest BCUT2D eigenvalue weighted by Gasteiger charge is 2.40. The smallest absolute Gasteiger partial charge is 0.0892 e. The summed E-state index contributed by atoms with van der Waals surface area (Å²) in [7, 11) is 0. The zero-order valence-electron chi connectivity index (χ0n) is 10.9. The van der Waals surface area contributed by atoms with E-state index in [1.165, 1.54) is 22.3 Å². The molecule has 0 bridgehead atoms. The van der Waals surface area contributed by atoms with Crippen LogP contribution in [-0.2, 0) is 4.74 Å². The van der Waals surface area contributed by atoms with Gasteiger partial charge in [-0.15, -0.1) is 0 Å². The molecule has 0 atom stereocenters. The Morgan fingerprint density at radius 2 is 1.71 bits per heavy atom. The van der Waals surface area contributed by atoms with Gasteiger partial charge in [0.1, 0.15) is 0 Å². The molecular weight excluding hydrogens is 208 g/mol. The Hall–Kier alpha value is -1.34. The predicted octanol–water partition coefficient (Wildman–Crippen LogP) is 4.05. The first-order chi connectivity index (χ1) is 7.89. The van der Waals surface area contributed by atoms with Crippen LogP contribution in [0.25, 0.3) is 11.6 Å². The molecule has 1 aliphatic heterocycles. The number of rotatable bonds is 0. The molecular formula is C16H18O. The molecule has 1 heteroatoms. The highest BCUT2D eigenvalue weighted by Crippen LogP contribution is 2.48. The Bertz CT molecular complexity index is 544. The van der Waals surface area contributed by atoms with Crippen molar-refractivity contribution in [2.75, 3.05) is 0 Å². The zero-order valence-corrected chi connectivity index (χ0v) is 10.9. The third-order valence-electron chi connectivity index (χ3n) is 3.50. The van der Waals surface area contributed by atoms with Crippen LogP contribution in [0.1, 0.15) is 38.8 Å². The summed E-state index contributed by atoms with van der Waals surface area (Å²) in [5, 5.41) is 0. The molecule has 1 aromatic rings. The average molecular weight is 226 g/mol. The minimum atomic E-state index is -0.216. The summed E-state index contributed by atoms with van der Waals surface area (Å²) in [5.41, 5.74) is 4.88. The molecule has 0 radical (unpaired) electrons. The lowest BCUT2D eigenvalue weighted by atomic mass is 9.84. The summed E-state index contributed by atoms with van der Waals surface area (Å²) in [4.78, 5) is 0. The van der Waals surface area contributed by atoms with Gasteiger partial charge in [0.15, 0.2) is 0 Å². The summed E-state index contributed by atoms with van der Waals surface area (Å²) in [5.74, 6) is 0. The number of hydrogen-bond donors (Lipinski definition) is 0. The van der Waals surface area contributed by atoms with Gasteiger partial charge in [-0.3, -0.25) is 0 Å². The summed E-state index contributed by atoms with van der Waals surface area (Å²) >= 11 is 0. The lowest BCUT2D eigenvalue weighted by Gasteiger charge is -2.41. The van der Waals surface area contributed by atoms with Gasteiger partial charge in [0.25, 0.3) is 0 Å². The maximum Gasteiger partial charge on any atom is 0.0892 e. The normalized spacial score (nSPS) is 23.5. The quantitative estimate of drug-likeness (QED) is 0.648. The Labute approximate surface area is 103 Å². The first-order valence-electron chi connectivity index (χ1n) is 6.14. The van der Waals surface area contributed by atoms with Crippen LogP contribution in [0.15, 0.2) is 35.9 Å². The van der Waals surface area contributed by atoms with E-state index < -0.39 is 0 Å². The SMILES string of the molecule is CC1(C)C=C2C(=Cc3ccccc32)C(C)(C)O1. The molecule has 1 heterocycles. The minimum absolute atomic E-state index is 0.201. The van der Waals surface area contributed by atoms with Gasteiger partial charge < -0.3 is 4.74 Å². The molecule has 1 aliphatic carbocycles. The summed E-state index contributed by atoms with van der Waals surface area (Å²) in [6.07, 6.45) is 4.51. The molecule has 2 aliphatic rings. The average Bonchev–Trinajstić information content (AvgIpc) is 2.55. The third kappa shape index (κ3) is 1.57. The lowest BCUT2D eigenvalue weighted by Crippen LogP contribution is -2.40. The van der Waals surface area contributed by atoms with Crippen LogP contribution < -0.4 is 0 Å². The Kier molecular flexibility index (Phi) is 1.97. The Balaban J connectivity index is 2.25. The molecule has 0 N–H and O–H groups in total. The van der Waals surface area contributed by atoms with Crippen LogP contribution >= 0.6 is 0 Å². The standard InChI is InChI=1S/C16H18O/c1-15(2)10-13-12-8-6-5-7-11(12)9-14(13)16(3,4)17-15/h5-10H,1-4H3. The highest BCUT2D eigenvalue weighted by molar-refractivity contribution is 5.96. The van der Waals surface area contributed by atoms with E-state index >= 15 is 0 Å². The van der Waals surface area contributed by atoms with Gasteiger partial charge in [-0.25, -0.2) is 0 Å². The monoisotopic (exact) mass is 226 g/mol. The first-order valence-corrected chi connectivity index (χ1v) is 6.14. The van der Waals surface area contributed by atoms with Crippen LogP contribution in [0.5, 0.6) is 0 Å². The molecule has 0 saturated carbocycles. The molecule has 0 aromatic heterocycles. The Morgan fingerprint density at radius 3 is 2.47 bits per heavy atom. The van der Waals surface area contributed by atoms with Crippen LogP contribution in [0, 0.1) is 0 Å². The van der Waals surface area contributed by atoms with Crippen LogP contribution in [-0.4, -0.2) is 11.2 Å². The maximum atomic E-state index is 6.16. The van der Waals surface area contributed by atoms with E-state index in [-0.39, 0.29) is 11.2 Å². The molecule has 0 saturated heterocycles. The van der Waals surface area contributed by atoms with E-state index in [2.05, 4.69) is 64.1 Å². The van der Waals surface area contributed by atoms with E-state index in [4.69, 9.17) is 4.74 Å². The second-order valence-electron chi connectivity index (χ2n) is 5.92. The molecule has 0 unspecified atom stereocenters. The summed E-state index contributed by atoms with van der Waals surface area (Å²) in [6, 6.07) is 8.56. The molecule has 88 valence electrons. The van der Waals surface area contributed by atoms with Gasteiger partial charge in [-0.2, -0.15) is 0 Å². The molecule has 3 rings (SSSR count). The van der Waals surface area contributed by atoms with Gasteiger partial charge >= 0.3 is 0 Å². The summed E-state index contributed by atoms with van der Waals surface area (Å²) < 4.78 is 6.16. The Morgan fingerprint density at radius 1 is 1.00 bits per heavy atom. The van der Waals surface area contributed by atoms with Crippen molar-refractivity contribution < 1.29 is 4.74 Å². The van der Waals surface area contributed by atoms with Crippen molar-refractivity contribution in [1.82, 2.24) is 0 Å². The fraction of sp³-hybridized carbons (Fsp3) is 0.375. The topological polar surface area (TPSA) is 9.23 Å². The van der Waals surface area contributed by atoms with Crippen molar-refractivity contribution in [3.8, 4) is 0 Å². The van der Waals surface area contributed by atoms with Crippen molar-refractivity contribution in [3.05, 3.63) is 47.0 Å². The molecule has 1 aromatic carbocycles. The molecule has 0 fully saturated rings. The van der Waals surface area contributed by atoms with Crippen LogP contribution in [0.4, 0.5) is 0 Å². The summed E-state index contributed by atoms with van der Waals surface area (Å²) in [6.45, 7) is 8.55. The highest BCUT2D eigenvalue weighted by atomic mass is 16.5. The van der Waals surface area contributed by atoms with Crippen molar-refractivity contribution in [2.45, 2.75) is 38.9 Å². The number of benzene rings is 1. The molecule has 0 spiro atoms. The van der Waals surface area contributed by atoms with E-state index in [1.807, 2.05) is 0 Å².